The van der Waals surface area contributed by atoms with Crippen LogP contribution in [0.15, 0.2) is 0 Å². The van der Waals surface area contributed by atoms with Crippen molar-refractivity contribution in [3.63, 3.8) is 0 Å². The van der Waals surface area contributed by atoms with Gasteiger partial charge in [0.25, 0.3) is 0 Å². The van der Waals surface area contributed by atoms with Crippen LogP contribution in [0.25, 0.3) is 21.3 Å². The second-order valence-electron chi connectivity index (χ2n) is 8.59. The van der Waals surface area contributed by atoms with E-state index in [4.69, 9.17) is 0 Å². The van der Waals surface area contributed by atoms with Crippen molar-refractivity contribution < 1.29 is 16.8 Å². The molecule has 0 rings (SSSR count). The van der Waals surface area contributed by atoms with Gasteiger partial charge in [-0.05, 0) is 0 Å². The summed E-state index contributed by atoms with van der Waals surface area (Å²) in [6, 6.07) is 2.16. The third kappa shape index (κ3) is 26.7. The Kier molecular flexibility index (Phi) is 18.5. The minimum absolute atomic E-state index is 0. The summed E-state index contributed by atoms with van der Waals surface area (Å²) in [4.78, 5) is 0. The molecule has 0 aromatic rings. The van der Waals surface area contributed by atoms with Crippen molar-refractivity contribution in [2.45, 2.75) is 131 Å². The topological polar surface area (TPSA) is 56.4 Å². The Hall–Kier alpha value is 0.346. The van der Waals surface area contributed by atoms with E-state index in [0.29, 0.717) is 30.2 Å². The van der Waals surface area contributed by atoms with Gasteiger partial charge < -0.3 is 21.3 Å². The molecule has 1 radical (unpaired) electrons. The van der Waals surface area contributed by atoms with Crippen LogP contribution in [0.4, 0.5) is 0 Å². The molecule has 0 bridgehead atoms. The minimum Gasteiger partial charge on any atom is -0.676 e. The van der Waals surface area contributed by atoms with E-state index in [9.17, 15) is 0 Å². The molecule has 3 atom stereocenters. The second kappa shape index (κ2) is 15.4. The number of hydrogen-bond acceptors (Lipinski definition) is 0. The van der Waals surface area contributed by atoms with Gasteiger partial charge >= 0.3 is 0 Å². The van der Waals surface area contributed by atoms with Crippen molar-refractivity contribution in [3.8, 4) is 0 Å². The van der Waals surface area contributed by atoms with Gasteiger partial charge in [-0.1, -0.05) is 82.6 Å². The molecule has 0 aliphatic rings. The molecule has 0 fully saturated rings. The molecule has 5 heteroatoms. The molecule has 3 unspecified atom stereocenters. The van der Waals surface area contributed by atoms with Crippen LogP contribution >= 0.6 is 0 Å². The first-order valence-corrected chi connectivity index (χ1v) is 9.54. The molecule has 0 aromatic heterocycles. The van der Waals surface area contributed by atoms with E-state index < -0.39 is 0 Å². The van der Waals surface area contributed by atoms with Gasteiger partial charge in [-0.2, -0.15) is 0 Å². The number of rotatable bonds is 9. The Morgan fingerprint density at radius 3 is 1.16 bits per heavy atom. The largest absolute Gasteiger partial charge is 0.676 e. The van der Waals surface area contributed by atoms with E-state index in [1.807, 2.05) is 6.92 Å². The van der Waals surface area contributed by atoms with E-state index in [2.05, 4.69) is 97.4 Å². The van der Waals surface area contributed by atoms with Crippen molar-refractivity contribution >= 4 is 0 Å². The Morgan fingerprint density at radius 1 is 0.600 bits per heavy atom. The van der Waals surface area contributed by atoms with Gasteiger partial charge in [0.05, 0.1) is 0 Å². The summed E-state index contributed by atoms with van der Waals surface area (Å²) in [5, 5.41) is 18.0. The zero-order valence-corrected chi connectivity index (χ0v) is 19.8. The van der Waals surface area contributed by atoms with Gasteiger partial charge in [0.15, 0.2) is 0 Å². The summed E-state index contributed by atoms with van der Waals surface area (Å²) < 4.78 is 0. The fraction of sp³-hybridized carbons (Fsp3) is 1.00. The smallest absolute Gasteiger partial charge is 0 e. The van der Waals surface area contributed by atoms with Crippen LogP contribution in [0, 0.1) is 0 Å². The third-order valence-corrected chi connectivity index (χ3v) is 2.88. The molecule has 0 saturated carbocycles. The van der Waals surface area contributed by atoms with Crippen molar-refractivity contribution in [3.05, 3.63) is 21.3 Å². The first-order chi connectivity index (χ1) is 10.7. The van der Waals surface area contributed by atoms with Crippen molar-refractivity contribution in [2.75, 3.05) is 0 Å². The molecule has 0 amide bonds. The Morgan fingerprint density at radius 2 is 0.920 bits per heavy atom. The molecule has 0 saturated heterocycles. The van der Waals surface area contributed by atoms with Gasteiger partial charge in [-0.25, -0.2) is 6.17 Å². The van der Waals surface area contributed by atoms with E-state index >= 15 is 0 Å². The van der Waals surface area contributed by atoms with Gasteiger partial charge in [0.2, 0.25) is 0 Å². The normalized spacial score (nSPS) is 15.5. The maximum Gasteiger partial charge on any atom is 0 e. The molecule has 0 aliphatic heterocycles. The molecule has 4 nitrogen and oxygen atoms in total. The van der Waals surface area contributed by atoms with Crippen molar-refractivity contribution in [1.82, 2.24) is 0 Å². The molecule has 0 N–H and O–H groups in total. The van der Waals surface area contributed by atoms with Crippen LogP contribution in [0.5, 0.6) is 0 Å². The third-order valence-electron chi connectivity index (χ3n) is 2.88. The van der Waals surface area contributed by atoms with Crippen molar-refractivity contribution in [2.24, 2.45) is 0 Å². The molecular weight excluding hydrogens is 355 g/mol. The first-order valence-electron chi connectivity index (χ1n) is 9.54. The Labute approximate surface area is 169 Å². The van der Waals surface area contributed by atoms with E-state index in [1.54, 1.807) is 0 Å². The summed E-state index contributed by atoms with van der Waals surface area (Å²) >= 11 is 0. The Bertz CT molecular complexity index is 274. The van der Waals surface area contributed by atoms with Crippen LogP contribution in [0.2, 0.25) is 0 Å². The van der Waals surface area contributed by atoms with E-state index in [0.717, 1.165) is 6.42 Å². The average molecular weight is 400 g/mol. The summed E-state index contributed by atoms with van der Waals surface area (Å²) in [6.07, 6.45) is 1.21. The Balaban J connectivity index is -0.000000377. The summed E-state index contributed by atoms with van der Waals surface area (Å²) in [7, 11) is 0. The van der Waals surface area contributed by atoms with Crippen LogP contribution in [0.3, 0.4) is 0 Å². The van der Waals surface area contributed by atoms with Crippen LogP contribution in [-0.4, -0.2) is 41.9 Å². The molecular formula is C20H44CoN4-4. The average Bonchev–Trinajstić information content (AvgIpc) is 2.21. The quantitative estimate of drug-likeness (QED) is 0.401. The molecule has 0 aromatic carbocycles. The van der Waals surface area contributed by atoms with Gasteiger partial charge in [-0.3, -0.25) is 0 Å². The van der Waals surface area contributed by atoms with Crippen molar-refractivity contribution in [1.29, 1.82) is 0 Å². The molecule has 157 valence electrons. The molecule has 25 heavy (non-hydrogen) atoms. The summed E-state index contributed by atoms with van der Waals surface area (Å²) in [5.74, 6) is 0. The minimum atomic E-state index is 0. The maximum absolute atomic E-state index is 4.56. The summed E-state index contributed by atoms with van der Waals surface area (Å²) in [6.45, 7) is 25.3. The SMILES string of the molecule is CC(C)[N-]C(C)CC(C)[N-]C(C)C.CC(C)[N-]C(C)[N-]C(C)(C)C.[Co]. The predicted octanol–water partition coefficient (Wildman–Crippen LogP) is 7.00. The molecule has 0 heterocycles. The second-order valence-corrected chi connectivity index (χ2v) is 8.59. The van der Waals surface area contributed by atoms with E-state index in [1.165, 1.54) is 0 Å². The van der Waals surface area contributed by atoms with Crippen LogP contribution in [-0.2, 0) is 16.8 Å². The fourth-order valence-corrected chi connectivity index (χ4v) is 2.66. The molecule has 0 spiro atoms. The number of hydrogen-bond donors (Lipinski definition) is 0. The van der Waals surface area contributed by atoms with Gasteiger partial charge in [-0.15, -0.1) is 42.7 Å². The molecule has 0 aliphatic carbocycles. The van der Waals surface area contributed by atoms with Gasteiger partial charge in [0.1, 0.15) is 0 Å². The summed E-state index contributed by atoms with van der Waals surface area (Å²) in [5.41, 5.74) is 0.0395. The maximum atomic E-state index is 4.56. The predicted molar refractivity (Wildman–Crippen MR) is 112 cm³/mol. The monoisotopic (exact) mass is 399 g/mol. The van der Waals surface area contributed by atoms with E-state index in [-0.39, 0.29) is 28.5 Å². The zero-order chi connectivity index (χ0) is 19.5. The van der Waals surface area contributed by atoms with Crippen LogP contribution in [0.1, 0.15) is 89.5 Å². The number of nitrogens with zero attached hydrogens (tertiary/aromatic N) is 4. The standard InChI is InChI=1S/C11H24N2.C9H20N2.Co/c1-8(2)12-10(5)7-11(6)13-9(3)4;1-7(2)10-8(3)11-9(4,5)6;/h8-11H,7H2,1-6H3;7-8H,1-6H3;/q2*-2;. The fourth-order valence-electron chi connectivity index (χ4n) is 2.66. The van der Waals surface area contributed by atoms with Crippen LogP contribution < -0.4 is 0 Å². The first kappa shape index (κ1) is 30.1. The zero-order valence-electron chi connectivity index (χ0n) is 18.8. The van der Waals surface area contributed by atoms with Gasteiger partial charge in [0, 0.05) is 16.8 Å².